The molecule has 1 atom stereocenters. The van der Waals surface area contributed by atoms with Gasteiger partial charge >= 0.3 is 6.03 Å². The first-order valence-electron chi connectivity index (χ1n) is 7.90. The Hall–Kier alpha value is -1.67. The Labute approximate surface area is 136 Å². The molecule has 1 aromatic heterocycles. The van der Waals surface area contributed by atoms with E-state index in [4.69, 9.17) is 0 Å². The van der Waals surface area contributed by atoms with Gasteiger partial charge in [-0.05, 0) is 24.1 Å². The molecule has 0 spiro atoms. The van der Waals surface area contributed by atoms with Crippen LogP contribution in [0.5, 0.6) is 0 Å². The van der Waals surface area contributed by atoms with Crippen LogP contribution in [0.4, 0.5) is 4.79 Å². The number of aromatic nitrogens is 1. The van der Waals surface area contributed by atoms with Crippen LogP contribution in [0.25, 0.3) is 0 Å². The smallest absolute Gasteiger partial charge is 0.317 e. The van der Waals surface area contributed by atoms with Gasteiger partial charge in [-0.3, -0.25) is 9.88 Å². The zero-order valence-electron chi connectivity index (χ0n) is 13.0. The lowest BCUT2D eigenvalue weighted by Crippen LogP contribution is -2.54. The summed E-state index contributed by atoms with van der Waals surface area (Å²) in [5.41, 5.74) is 1.02. The SMILES string of the molecule is O=C(NCc1ccncc1)N1CCN(C2CCS(=O)(=O)C2)CC1. The van der Waals surface area contributed by atoms with Gasteiger partial charge in [-0.1, -0.05) is 0 Å². The van der Waals surface area contributed by atoms with E-state index in [1.54, 1.807) is 17.3 Å². The van der Waals surface area contributed by atoms with Gasteiger partial charge in [0, 0.05) is 51.2 Å². The number of nitrogens with one attached hydrogen (secondary N) is 1. The van der Waals surface area contributed by atoms with E-state index in [2.05, 4.69) is 15.2 Å². The first-order valence-corrected chi connectivity index (χ1v) is 9.72. The van der Waals surface area contributed by atoms with Gasteiger partial charge in [-0.25, -0.2) is 13.2 Å². The first kappa shape index (κ1) is 16.2. The molecule has 2 aliphatic heterocycles. The van der Waals surface area contributed by atoms with Crippen molar-refractivity contribution >= 4 is 15.9 Å². The Morgan fingerprint density at radius 2 is 1.91 bits per heavy atom. The second-order valence-electron chi connectivity index (χ2n) is 6.09. The molecule has 126 valence electrons. The minimum atomic E-state index is -2.85. The van der Waals surface area contributed by atoms with E-state index in [0.717, 1.165) is 25.1 Å². The molecule has 2 amide bonds. The molecule has 1 N–H and O–H groups in total. The largest absolute Gasteiger partial charge is 0.334 e. The number of hydrogen-bond donors (Lipinski definition) is 1. The number of nitrogens with zero attached hydrogens (tertiary/aromatic N) is 3. The summed E-state index contributed by atoms with van der Waals surface area (Å²) in [5, 5.41) is 2.91. The molecule has 3 rings (SSSR count). The van der Waals surface area contributed by atoms with E-state index < -0.39 is 9.84 Å². The average molecular weight is 338 g/mol. The Bertz CT molecular complexity index is 642. The highest BCUT2D eigenvalue weighted by Gasteiger charge is 2.34. The van der Waals surface area contributed by atoms with Crippen LogP contribution in [0.2, 0.25) is 0 Å². The molecule has 0 aromatic carbocycles. The van der Waals surface area contributed by atoms with Crippen molar-refractivity contribution in [2.75, 3.05) is 37.7 Å². The predicted molar refractivity (Wildman–Crippen MR) is 86.7 cm³/mol. The number of sulfone groups is 1. The molecule has 23 heavy (non-hydrogen) atoms. The third-order valence-electron chi connectivity index (χ3n) is 4.52. The van der Waals surface area contributed by atoms with E-state index in [1.165, 1.54) is 0 Å². The lowest BCUT2D eigenvalue weighted by atomic mass is 10.2. The summed E-state index contributed by atoms with van der Waals surface area (Å²) in [6.07, 6.45) is 4.13. The maximum Gasteiger partial charge on any atom is 0.317 e. The minimum Gasteiger partial charge on any atom is -0.334 e. The number of pyridine rings is 1. The minimum absolute atomic E-state index is 0.0690. The summed E-state index contributed by atoms with van der Waals surface area (Å²) in [5.74, 6) is 0.561. The normalized spacial score (nSPS) is 24.5. The summed E-state index contributed by atoms with van der Waals surface area (Å²) in [6, 6.07) is 3.81. The van der Waals surface area contributed by atoms with Crippen molar-refractivity contribution in [2.24, 2.45) is 0 Å². The van der Waals surface area contributed by atoms with E-state index in [1.807, 2.05) is 12.1 Å². The fourth-order valence-electron chi connectivity index (χ4n) is 3.14. The number of piperazine rings is 1. The predicted octanol–water partition coefficient (Wildman–Crippen LogP) is 0.0959. The maximum absolute atomic E-state index is 12.2. The van der Waals surface area contributed by atoms with Crippen LogP contribution in [0.3, 0.4) is 0 Å². The monoisotopic (exact) mass is 338 g/mol. The zero-order valence-corrected chi connectivity index (χ0v) is 13.8. The summed E-state index contributed by atoms with van der Waals surface area (Å²) in [6.45, 7) is 3.24. The summed E-state index contributed by atoms with van der Waals surface area (Å²) in [4.78, 5) is 20.1. The highest BCUT2D eigenvalue weighted by Crippen LogP contribution is 2.19. The van der Waals surface area contributed by atoms with E-state index >= 15 is 0 Å². The molecule has 7 nitrogen and oxygen atoms in total. The lowest BCUT2D eigenvalue weighted by Gasteiger charge is -2.37. The van der Waals surface area contributed by atoms with Crippen molar-refractivity contribution in [1.29, 1.82) is 0 Å². The van der Waals surface area contributed by atoms with Crippen LogP contribution in [-0.2, 0) is 16.4 Å². The van der Waals surface area contributed by atoms with Gasteiger partial charge in [0.05, 0.1) is 11.5 Å². The van der Waals surface area contributed by atoms with Gasteiger partial charge in [0.1, 0.15) is 0 Å². The molecule has 2 fully saturated rings. The number of carbonyl (C=O) groups excluding carboxylic acids is 1. The molecule has 1 unspecified atom stereocenters. The average Bonchev–Trinajstić information content (AvgIpc) is 2.94. The molecule has 0 aliphatic carbocycles. The van der Waals surface area contributed by atoms with Crippen molar-refractivity contribution in [1.82, 2.24) is 20.1 Å². The quantitative estimate of drug-likeness (QED) is 0.845. The molecule has 0 bridgehead atoms. The maximum atomic E-state index is 12.2. The number of hydrogen-bond acceptors (Lipinski definition) is 5. The van der Waals surface area contributed by atoms with Crippen molar-refractivity contribution < 1.29 is 13.2 Å². The fraction of sp³-hybridized carbons (Fsp3) is 0.600. The van der Waals surface area contributed by atoms with E-state index in [9.17, 15) is 13.2 Å². The zero-order chi connectivity index (χ0) is 16.3. The third-order valence-corrected chi connectivity index (χ3v) is 6.27. The molecular formula is C15H22N4O3S. The Morgan fingerprint density at radius 1 is 1.22 bits per heavy atom. The lowest BCUT2D eigenvalue weighted by molar-refractivity contribution is 0.115. The van der Waals surface area contributed by atoms with E-state index in [0.29, 0.717) is 25.4 Å². The van der Waals surface area contributed by atoms with Crippen molar-refractivity contribution in [2.45, 2.75) is 19.0 Å². The molecular weight excluding hydrogens is 316 g/mol. The fourth-order valence-corrected chi connectivity index (χ4v) is 4.91. The Morgan fingerprint density at radius 3 is 2.52 bits per heavy atom. The van der Waals surface area contributed by atoms with Gasteiger partial charge in [0.2, 0.25) is 0 Å². The highest BCUT2D eigenvalue weighted by molar-refractivity contribution is 7.91. The molecule has 0 saturated carbocycles. The Balaban J connectivity index is 1.44. The van der Waals surface area contributed by atoms with Crippen molar-refractivity contribution in [3.63, 3.8) is 0 Å². The van der Waals surface area contributed by atoms with Gasteiger partial charge in [-0.2, -0.15) is 0 Å². The summed E-state index contributed by atoms with van der Waals surface area (Å²) >= 11 is 0. The molecule has 1 aromatic rings. The second-order valence-corrected chi connectivity index (χ2v) is 8.32. The van der Waals surface area contributed by atoms with Crippen LogP contribution >= 0.6 is 0 Å². The summed E-state index contributed by atoms with van der Waals surface area (Å²) in [7, 11) is -2.85. The third kappa shape index (κ3) is 4.20. The Kier molecular flexibility index (Phi) is 4.82. The van der Waals surface area contributed by atoms with Crippen LogP contribution in [0.15, 0.2) is 24.5 Å². The van der Waals surface area contributed by atoms with Crippen molar-refractivity contribution in [3.8, 4) is 0 Å². The van der Waals surface area contributed by atoms with Crippen molar-refractivity contribution in [3.05, 3.63) is 30.1 Å². The van der Waals surface area contributed by atoms with Crippen LogP contribution in [-0.4, -0.2) is 73.0 Å². The molecule has 2 saturated heterocycles. The summed E-state index contributed by atoms with van der Waals surface area (Å²) < 4.78 is 23.1. The second kappa shape index (κ2) is 6.84. The number of urea groups is 1. The van der Waals surface area contributed by atoms with Crippen LogP contribution in [0.1, 0.15) is 12.0 Å². The first-order chi connectivity index (χ1) is 11.0. The molecule has 8 heteroatoms. The van der Waals surface area contributed by atoms with Gasteiger partial charge in [0.15, 0.2) is 9.84 Å². The molecule has 3 heterocycles. The van der Waals surface area contributed by atoms with Crippen LogP contribution in [0, 0.1) is 0 Å². The van der Waals surface area contributed by atoms with Gasteiger partial charge in [-0.15, -0.1) is 0 Å². The molecule has 2 aliphatic rings. The van der Waals surface area contributed by atoms with E-state index in [-0.39, 0.29) is 17.8 Å². The topological polar surface area (TPSA) is 82.6 Å². The number of rotatable bonds is 3. The number of amides is 2. The highest BCUT2D eigenvalue weighted by atomic mass is 32.2. The van der Waals surface area contributed by atoms with Gasteiger partial charge in [0.25, 0.3) is 0 Å². The molecule has 0 radical (unpaired) electrons. The number of carbonyl (C=O) groups is 1. The standard InChI is InChI=1S/C15H22N4O3S/c20-15(17-11-13-1-4-16-5-2-13)19-8-6-18(7-9-19)14-3-10-23(21,22)12-14/h1-2,4-5,14H,3,6-12H2,(H,17,20). The van der Waals surface area contributed by atoms with Crippen LogP contribution < -0.4 is 5.32 Å². The van der Waals surface area contributed by atoms with Gasteiger partial charge < -0.3 is 10.2 Å².